The van der Waals surface area contributed by atoms with Crippen LogP contribution in [0.3, 0.4) is 0 Å². The second kappa shape index (κ2) is 5.72. The van der Waals surface area contributed by atoms with E-state index >= 15 is 0 Å². The van der Waals surface area contributed by atoms with E-state index in [1.807, 2.05) is 0 Å². The topological polar surface area (TPSA) is 18.5 Å². The quantitative estimate of drug-likeness (QED) is 0.859. The predicted octanol–water partition coefficient (Wildman–Crippen LogP) is 2.11. The average molecular weight is 247 g/mol. The van der Waals surface area contributed by atoms with Gasteiger partial charge >= 0.3 is 0 Å². The fourth-order valence-electron chi connectivity index (χ4n) is 2.60. The van der Waals surface area contributed by atoms with Crippen molar-refractivity contribution in [3.8, 4) is 0 Å². The van der Waals surface area contributed by atoms with Gasteiger partial charge in [0.25, 0.3) is 0 Å². The van der Waals surface area contributed by atoms with E-state index in [1.54, 1.807) is 0 Å². The van der Waals surface area contributed by atoms with Crippen LogP contribution in [0.25, 0.3) is 0 Å². The van der Waals surface area contributed by atoms with Gasteiger partial charge in [0.15, 0.2) is 0 Å². The molecular weight excluding hydrogens is 222 g/mol. The molecule has 1 heterocycles. The molecule has 0 amide bonds. The van der Waals surface area contributed by atoms with E-state index in [-0.39, 0.29) is 0 Å². The summed E-state index contributed by atoms with van der Waals surface area (Å²) in [6.07, 6.45) is 0. The van der Waals surface area contributed by atoms with Crippen LogP contribution in [0.4, 0.5) is 5.69 Å². The normalized spacial score (nSPS) is 17.6. The molecule has 0 spiro atoms. The summed E-state index contributed by atoms with van der Waals surface area (Å²) in [5.74, 6) is 0. The second-order valence-corrected chi connectivity index (χ2v) is 5.30. The number of hydrogen-bond acceptors (Lipinski definition) is 3. The molecule has 3 heteroatoms. The summed E-state index contributed by atoms with van der Waals surface area (Å²) in [6, 6.07) is 10.1. The number of nitrogens with one attached hydrogen (secondary N) is 1. The Bertz CT molecular complexity index is 368. The zero-order valence-electron chi connectivity index (χ0n) is 12.0. The van der Waals surface area contributed by atoms with Gasteiger partial charge in [-0.1, -0.05) is 19.1 Å². The second-order valence-electron chi connectivity index (χ2n) is 5.30. The summed E-state index contributed by atoms with van der Waals surface area (Å²) < 4.78 is 0. The Morgan fingerprint density at radius 1 is 1.22 bits per heavy atom. The molecule has 0 aromatic heterocycles. The fourth-order valence-corrected chi connectivity index (χ4v) is 2.60. The molecule has 1 unspecified atom stereocenters. The van der Waals surface area contributed by atoms with Crippen LogP contribution in [0, 0.1) is 0 Å². The highest BCUT2D eigenvalue weighted by atomic mass is 15.2. The molecule has 1 atom stereocenters. The first-order valence-electron chi connectivity index (χ1n) is 6.87. The van der Waals surface area contributed by atoms with Gasteiger partial charge in [-0.25, -0.2) is 0 Å². The highest BCUT2D eigenvalue weighted by Gasteiger charge is 2.27. The molecule has 1 aromatic carbocycles. The Hall–Kier alpha value is -1.06. The summed E-state index contributed by atoms with van der Waals surface area (Å²) in [6.45, 7) is 7.94. The molecule has 1 N–H and O–H groups in total. The van der Waals surface area contributed by atoms with Crippen molar-refractivity contribution in [1.29, 1.82) is 0 Å². The molecule has 1 aromatic rings. The van der Waals surface area contributed by atoms with Gasteiger partial charge in [-0.2, -0.15) is 0 Å². The van der Waals surface area contributed by atoms with Crippen LogP contribution in [0.1, 0.15) is 25.5 Å². The highest BCUT2D eigenvalue weighted by Crippen LogP contribution is 2.25. The van der Waals surface area contributed by atoms with Crippen molar-refractivity contribution in [1.82, 2.24) is 10.2 Å². The van der Waals surface area contributed by atoms with E-state index in [2.05, 4.69) is 67.3 Å². The number of anilines is 1. The van der Waals surface area contributed by atoms with Crippen LogP contribution in [-0.4, -0.2) is 44.7 Å². The molecule has 1 aliphatic rings. The zero-order valence-corrected chi connectivity index (χ0v) is 12.0. The Kier molecular flexibility index (Phi) is 4.25. The molecule has 0 aliphatic carbocycles. The van der Waals surface area contributed by atoms with Crippen molar-refractivity contribution in [2.24, 2.45) is 0 Å². The van der Waals surface area contributed by atoms with Crippen molar-refractivity contribution in [3.63, 3.8) is 0 Å². The minimum atomic E-state index is 0.498. The lowest BCUT2D eigenvalue weighted by Crippen LogP contribution is -2.57. The Morgan fingerprint density at radius 3 is 2.22 bits per heavy atom. The monoisotopic (exact) mass is 247 g/mol. The molecule has 100 valence electrons. The summed E-state index contributed by atoms with van der Waals surface area (Å²) in [5.41, 5.74) is 2.67. The first kappa shape index (κ1) is 13.4. The van der Waals surface area contributed by atoms with E-state index in [1.165, 1.54) is 11.3 Å². The average Bonchev–Trinajstić information content (AvgIpc) is 2.32. The number of benzene rings is 1. The molecule has 1 saturated heterocycles. The molecule has 0 radical (unpaired) electrons. The van der Waals surface area contributed by atoms with Gasteiger partial charge in [-0.3, -0.25) is 4.90 Å². The number of rotatable bonds is 5. The van der Waals surface area contributed by atoms with Gasteiger partial charge in [0.05, 0.1) is 0 Å². The van der Waals surface area contributed by atoms with Crippen LogP contribution >= 0.6 is 0 Å². The van der Waals surface area contributed by atoms with Gasteiger partial charge in [0.2, 0.25) is 0 Å². The number of likely N-dealkylation sites (N-methyl/N-ethyl adjacent to an activating group) is 1. The first-order chi connectivity index (χ1) is 8.63. The lowest BCUT2D eigenvalue weighted by molar-refractivity contribution is 0.110. The SMILES string of the molecule is CCN(C1CNC1)C(C)c1ccc(N(C)C)cc1. The van der Waals surface area contributed by atoms with Crippen molar-refractivity contribution in [3.05, 3.63) is 29.8 Å². The Labute approximate surface area is 111 Å². The number of hydrogen-bond donors (Lipinski definition) is 1. The maximum absolute atomic E-state index is 3.36. The van der Waals surface area contributed by atoms with Gasteiger partial charge in [-0.15, -0.1) is 0 Å². The van der Waals surface area contributed by atoms with Gasteiger partial charge < -0.3 is 10.2 Å². The summed E-state index contributed by atoms with van der Waals surface area (Å²) in [5, 5.41) is 3.36. The van der Waals surface area contributed by atoms with Crippen LogP contribution < -0.4 is 10.2 Å². The summed E-state index contributed by atoms with van der Waals surface area (Å²) >= 11 is 0. The van der Waals surface area contributed by atoms with Gasteiger partial charge in [-0.05, 0) is 31.2 Å². The van der Waals surface area contributed by atoms with Crippen molar-refractivity contribution in [2.75, 3.05) is 38.6 Å². The van der Waals surface area contributed by atoms with Crippen LogP contribution in [-0.2, 0) is 0 Å². The highest BCUT2D eigenvalue weighted by molar-refractivity contribution is 5.46. The van der Waals surface area contributed by atoms with Crippen LogP contribution in [0.2, 0.25) is 0 Å². The van der Waals surface area contributed by atoms with Gasteiger partial charge in [0, 0.05) is 45.0 Å². The van der Waals surface area contributed by atoms with E-state index in [0.717, 1.165) is 19.6 Å². The molecule has 0 bridgehead atoms. The van der Waals surface area contributed by atoms with E-state index in [9.17, 15) is 0 Å². The third kappa shape index (κ3) is 2.68. The molecule has 18 heavy (non-hydrogen) atoms. The van der Waals surface area contributed by atoms with E-state index in [4.69, 9.17) is 0 Å². The largest absolute Gasteiger partial charge is 0.378 e. The third-order valence-corrected chi connectivity index (χ3v) is 3.98. The lowest BCUT2D eigenvalue weighted by atomic mass is 10.0. The zero-order chi connectivity index (χ0) is 13.1. The predicted molar refractivity (Wildman–Crippen MR) is 78.2 cm³/mol. The van der Waals surface area contributed by atoms with E-state index in [0.29, 0.717) is 12.1 Å². The molecular formula is C15H25N3. The molecule has 1 aliphatic heterocycles. The Morgan fingerprint density at radius 2 is 1.83 bits per heavy atom. The third-order valence-electron chi connectivity index (χ3n) is 3.98. The first-order valence-corrected chi connectivity index (χ1v) is 6.87. The van der Waals surface area contributed by atoms with Crippen molar-refractivity contribution in [2.45, 2.75) is 25.9 Å². The lowest BCUT2D eigenvalue weighted by Gasteiger charge is -2.41. The molecule has 2 rings (SSSR count). The summed E-state index contributed by atoms with van der Waals surface area (Å²) in [4.78, 5) is 4.73. The molecule has 3 nitrogen and oxygen atoms in total. The summed E-state index contributed by atoms with van der Waals surface area (Å²) in [7, 11) is 4.16. The fraction of sp³-hybridized carbons (Fsp3) is 0.600. The van der Waals surface area contributed by atoms with Gasteiger partial charge in [0.1, 0.15) is 0 Å². The van der Waals surface area contributed by atoms with Crippen LogP contribution in [0.5, 0.6) is 0 Å². The molecule has 0 saturated carbocycles. The minimum absolute atomic E-state index is 0.498. The number of nitrogens with zero attached hydrogens (tertiary/aromatic N) is 2. The van der Waals surface area contributed by atoms with Crippen molar-refractivity contribution < 1.29 is 0 Å². The molecule has 1 fully saturated rings. The maximum atomic E-state index is 3.36. The van der Waals surface area contributed by atoms with Crippen LogP contribution in [0.15, 0.2) is 24.3 Å². The Balaban J connectivity index is 2.09. The maximum Gasteiger partial charge on any atom is 0.0361 e. The van der Waals surface area contributed by atoms with E-state index < -0.39 is 0 Å². The van der Waals surface area contributed by atoms with Crippen molar-refractivity contribution >= 4 is 5.69 Å². The smallest absolute Gasteiger partial charge is 0.0361 e. The minimum Gasteiger partial charge on any atom is -0.378 e. The standard InChI is InChI=1S/C15H25N3/c1-5-18(15-10-16-11-15)12(2)13-6-8-14(9-7-13)17(3)4/h6-9,12,15-16H,5,10-11H2,1-4H3.